The number of hydrogen-bond acceptors (Lipinski definition) is 6. The van der Waals surface area contributed by atoms with Gasteiger partial charge >= 0.3 is 0 Å². The van der Waals surface area contributed by atoms with Crippen molar-refractivity contribution in [1.29, 1.82) is 0 Å². The molecular weight excluding hydrogens is 298 g/mol. The number of nitro groups is 1. The number of aliphatic hydroxyl groups excluding tert-OH is 1. The van der Waals surface area contributed by atoms with E-state index in [9.17, 15) is 18.5 Å². The van der Waals surface area contributed by atoms with Gasteiger partial charge in [0.15, 0.2) is 0 Å². The third-order valence-electron chi connectivity index (χ3n) is 3.09. The van der Waals surface area contributed by atoms with E-state index >= 15 is 0 Å². The Bertz CT molecular complexity index is 617. The predicted octanol–water partition coefficient (Wildman–Crippen LogP) is 1.03. The first-order valence-corrected chi connectivity index (χ1v) is 7.80. The minimum atomic E-state index is -3.82. The summed E-state index contributed by atoms with van der Waals surface area (Å²) in [5.74, 6) is 0. The van der Waals surface area contributed by atoms with Gasteiger partial charge in [-0.25, -0.2) is 8.42 Å². The van der Waals surface area contributed by atoms with E-state index < -0.39 is 21.0 Å². The third kappa shape index (κ3) is 3.69. The van der Waals surface area contributed by atoms with Crippen LogP contribution in [0.1, 0.15) is 13.8 Å². The number of anilines is 1. The molecule has 0 aliphatic carbocycles. The molecular formula is C12H19N3O5S. The number of nitro benzene ring substituents is 1. The van der Waals surface area contributed by atoms with Gasteiger partial charge in [-0.15, -0.1) is 0 Å². The standard InChI is InChI=1S/C12H19N3O5S/c1-4-13-11-7-10(5-6-12(11)15(17)18)21(19,20)14(3)9(2)8-16/h5-7,9,13,16H,4,8H2,1-3H3. The normalized spacial score (nSPS) is 13.2. The number of aliphatic hydroxyl groups is 1. The number of nitrogens with zero attached hydrogens (tertiary/aromatic N) is 2. The Labute approximate surface area is 123 Å². The van der Waals surface area contributed by atoms with Crippen molar-refractivity contribution in [3.8, 4) is 0 Å². The smallest absolute Gasteiger partial charge is 0.292 e. The van der Waals surface area contributed by atoms with Gasteiger partial charge in [0.05, 0.1) is 16.4 Å². The molecule has 0 bridgehead atoms. The molecule has 1 rings (SSSR count). The first-order chi connectivity index (χ1) is 9.75. The zero-order valence-corrected chi connectivity index (χ0v) is 12.9. The van der Waals surface area contributed by atoms with Gasteiger partial charge in [-0.05, 0) is 26.0 Å². The SMILES string of the molecule is CCNc1cc(S(=O)(=O)N(C)C(C)CO)ccc1[N+](=O)[O-]. The van der Waals surface area contributed by atoms with Gasteiger partial charge in [-0.1, -0.05) is 0 Å². The average molecular weight is 317 g/mol. The molecule has 1 aromatic carbocycles. The first kappa shape index (κ1) is 17.3. The number of benzene rings is 1. The molecule has 0 aliphatic rings. The van der Waals surface area contributed by atoms with Crippen LogP contribution in [0.2, 0.25) is 0 Å². The quantitative estimate of drug-likeness (QED) is 0.573. The fraction of sp³-hybridized carbons (Fsp3) is 0.500. The Kier molecular flexibility index (Phi) is 5.64. The summed E-state index contributed by atoms with van der Waals surface area (Å²) in [6.07, 6.45) is 0. The molecule has 2 N–H and O–H groups in total. The van der Waals surface area contributed by atoms with Crippen molar-refractivity contribution in [2.45, 2.75) is 24.8 Å². The molecule has 0 saturated carbocycles. The van der Waals surface area contributed by atoms with Crippen molar-refractivity contribution in [3.63, 3.8) is 0 Å². The minimum absolute atomic E-state index is 0.0631. The Morgan fingerprint density at radius 3 is 2.57 bits per heavy atom. The summed E-state index contributed by atoms with van der Waals surface area (Å²) in [4.78, 5) is 10.3. The zero-order chi connectivity index (χ0) is 16.2. The fourth-order valence-electron chi connectivity index (χ4n) is 1.69. The van der Waals surface area contributed by atoms with E-state index in [1.54, 1.807) is 13.8 Å². The lowest BCUT2D eigenvalue weighted by Crippen LogP contribution is -2.37. The van der Waals surface area contributed by atoms with Gasteiger partial charge in [0.2, 0.25) is 10.0 Å². The highest BCUT2D eigenvalue weighted by atomic mass is 32.2. The van der Waals surface area contributed by atoms with E-state index in [-0.39, 0.29) is 22.9 Å². The molecule has 0 radical (unpaired) electrons. The molecule has 8 nitrogen and oxygen atoms in total. The molecule has 0 heterocycles. The van der Waals surface area contributed by atoms with Gasteiger partial charge in [0.1, 0.15) is 5.69 Å². The largest absolute Gasteiger partial charge is 0.395 e. The summed E-state index contributed by atoms with van der Waals surface area (Å²) in [5, 5.41) is 22.8. The van der Waals surface area contributed by atoms with Crippen LogP contribution in [0.3, 0.4) is 0 Å². The first-order valence-electron chi connectivity index (χ1n) is 6.36. The minimum Gasteiger partial charge on any atom is -0.395 e. The van der Waals surface area contributed by atoms with Crippen LogP contribution < -0.4 is 5.32 Å². The van der Waals surface area contributed by atoms with E-state index in [1.807, 2.05) is 0 Å². The number of likely N-dealkylation sites (N-methyl/N-ethyl adjacent to an activating group) is 1. The number of sulfonamides is 1. The average Bonchev–Trinajstić information content (AvgIpc) is 2.45. The molecule has 0 fully saturated rings. The second-order valence-corrected chi connectivity index (χ2v) is 6.52. The van der Waals surface area contributed by atoms with Crippen molar-refractivity contribution in [1.82, 2.24) is 4.31 Å². The van der Waals surface area contributed by atoms with Crippen LogP contribution in [0.15, 0.2) is 23.1 Å². The lowest BCUT2D eigenvalue weighted by atomic mass is 10.2. The third-order valence-corrected chi connectivity index (χ3v) is 5.06. The maximum absolute atomic E-state index is 12.4. The van der Waals surface area contributed by atoms with Gasteiger partial charge in [-0.2, -0.15) is 4.31 Å². The summed E-state index contributed by atoms with van der Waals surface area (Å²) in [5.41, 5.74) is -0.0395. The summed E-state index contributed by atoms with van der Waals surface area (Å²) in [7, 11) is -2.47. The van der Waals surface area contributed by atoms with Gasteiger partial charge in [0, 0.05) is 25.7 Å². The maximum Gasteiger partial charge on any atom is 0.292 e. The van der Waals surface area contributed by atoms with E-state index in [0.717, 1.165) is 10.4 Å². The highest BCUT2D eigenvalue weighted by Gasteiger charge is 2.27. The maximum atomic E-state index is 12.4. The molecule has 1 aromatic rings. The zero-order valence-electron chi connectivity index (χ0n) is 12.1. The van der Waals surface area contributed by atoms with Crippen LogP contribution >= 0.6 is 0 Å². The lowest BCUT2D eigenvalue weighted by molar-refractivity contribution is -0.384. The Hall–Kier alpha value is -1.71. The van der Waals surface area contributed by atoms with Crippen molar-refractivity contribution < 1.29 is 18.4 Å². The van der Waals surface area contributed by atoms with E-state index in [0.29, 0.717) is 6.54 Å². The molecule has 1 unspecified atom stereocenters. The Morgan fingerprint density at radius 2 is 2.10 bits per heavy atom. The Morgan fingerprint density at radius 1 is 1.48 bits per heavy atom. The van der Waals surface area contributed by atoms with E-state index in [2.05, 4.69) is 5.32 Å². The van der Waals surface area contributed by atoms with Crippen molar-refractivity contribution in [3.05, 3.63) is 28.3 Å². The van der Waals surface area contributed by atoms with E-state index in [4.69, 9.17) is 5.11 Å². The van der Waals surface area contributed by atoms with Crippen LogP contribution in [-0.4, -0.2) is 49.0 Å². The van der Waals surface area contributed by atoms with Crippen molar-refractivity contribution >= 4 is 21.4 Å². The molecule has 0 spiro atoms. The second kappa shape index (κ2) is 6.83. The number of nitrogens with one attached hydrogen (secondary N) is 1. The van der Waals surface area contributed by atoms with Crippen LogP contribution in [0, 0.1) is 10.1 Å². The summed E-state index contributed by atoms with van der Waals surface area (Å²) < 4.78 is 25.8. The molecule has 0 aliphatic heterocycles. The highest BCUT2D eigenvalue weighted by molar-refractivity contribution is 7.89. The second-order valence-electron chi connectivity index (χ2n) is 4.52. The van der Waals surface area contributed by atoms with Crippen LogP contribution in [-0.2, 0) is 10.0 Å². The topological polar surface area (TPSA) is 113 Å². The van der Waals surface area contributed by atoms with Crippen molar-refractivity contribution in [2.75, 3.05) is 25.5 Å². The molecule has 0 amide bonds. The van der Waals surface area contributed by atoms with Crippen LogP contribution in [0.25, 0.3) is 0 Å². The highest BCUT2D eigenvalue weighted by Crippen LogP contribution is 2.28. The molecule has 0 saturated heterocycles. The van der Waals surface area contributed by atoms with Gasteiger partial charge in [-0.3, -0.25) is 10.1 Å². The monoisotopic (exact) mass is 317 g/mol. The van der Waals surface area contributed by atoms with Gasteiger partial charge < -0.3 is 10.4 Å². The number of hydrogen-bond donors (Lipinski definition) is 2. The fourth-order valence-corrected chi connectivity index (χ4v) is 3.06. The van der Waals surface area contributed by atoms with Crippen LogP contribution in [0.5, 0.6) is 0 Å². The molecule has 118 valence electrons. The molecule has 9 heteroatoms. The summed E-state index contributed by atoms with van der Waals surface area (Å²) >= 11 is 0. The summed E-state index contributed by atoms with van der Waals surface area (Å²) in [6.45, 7) is 3.43. The van der Waals surface area contributed by atoms with Crippen molar-refractivity contribution in [2.24, 2.45) is 0 Å². The molecule has 21 heavy (non-hydrogen) atoms. The van der Waals surface area contributed by atoms with Crippen LogP contribution in [0.4, 0.5) is 11.4 Å². The van der Waals surface area contributed by atoms with E-state index in [1.165, 1.54) is 19.2 Å². The lowest BCUT2D eigenvalue weighted by Gasteiger charge is -2.22. The van der Waals surface area contributed by atoms with Gasteiger partial charge in [0.25, 0.3) is 5.69 Å². The molecule has 1 atom stereocenters. The number of rotatable bonds is 7. The predicted molar refractivity (Wildman–Crippen MR) is 78.8 cm³/mol. The Balaban J connectivity index is 3.31. The summed E-state index contributed by atoms with van der Waals surface area (Å²) in [6, 6.07) is 2.99. The molecule has 0 aromatic heterocycles.